The number of aromatic nitrogens is 2. The summed E-state index contributed by atoms with van der Waals surface area (Å²) in [5, 5.41) is 5.45. The summed E-state index contributed by atoms with van der Waals surface area (Å²) in [4.78, 5) is 48.2. The zero-order chi connectivity index (χ0) is 17.1. The molecule has 1 aromatic heterocycles. The Bertz CT molecular complexity index is 878. The molecule has 124 valence electrons. The normalized spacial score (nSPS) is 13.3. The Morgan fingerprint density at radius 1 is 1.04 bits per heavy atom. The fraction of sp³-hybridized carbons (Fsp3) is 0.250. The first-order chi connectivity index (χ1) is 11.5. The quantitative estimate of drug-likeness (QED) is 0.742. The number of hydrogen-bond donors (Lipinski definition) is 3. The molecular formula is C16H16N4O4. The smallest absolute Gasteiger partial charge is 0.326 e. The van der Waals surface area contributed by atoms with Crippen molar-refractivity contribution >= 4 is 23.2 Å². The third-order valence-corrected chi connectivity index (χ3v) is 3.60. The number of anilines is 2. The van der Waals surface area contributed by atoms with Crippen molar-refractivity contribution in [1.29, 1.82) is 0 Å². The summed E-state index contributed by atoms with van der Waals surface area (Å²) >= 11 is 0. The molecule has 8 nitrogen and oxygen atoms in total. The van der Waals surface area contributed by atoms with E-state index in [9.17, 15) is 19.2 Å². The van der Waals surface area contributed by atoms with Crippen molar-refractivity contribution in [2.75, 3.05) is 10.6 Å². The van der Waals surface area contributed by atoms with Gasteiger partial charge < -0.3 is 10.6 Å². The van der Waals surface area contributed by atoms with Crippen LogP contribution in [-0.4, -0.2) is 21.4 Å². The van der Waals surface area contributed by atoms with Gasteiger partial charge in [0.15, 0.2) is 0 Å². The minimum atomic E-state index is -0.643. The second kappa shape index (κ2) is 6.53. The van der Waals surface area contributed by atoms with Crippen LogP contribution < -0.4 is 21.9 Å². The lowest BCUT2D eigenvalue weighted by Gasteiger charge is -2.08. The number of nitrogens with zero attached hydrogens (tertiary/aromatic N) is 1. The molecule has 3 rings (SSSR count). The van der Waals surface area contributed by atoms with Gasteiger partial charge in [-0.1, -0.05) is 0 Å². The van der Waals surface area contributed by atoms with E-state index < -0.39 is 17.2 Å². The summed E-state index contributed by atoms with van der Waals surface area (Å²) < 4.78 is 1.10. The second-order valence-corrected chi connectivity index (χ2v) is 5.63. The molecule has 2 aromatic rings. The molecule has 0 unspecified atom stereocenters. The first-order valence-corrected chi connectivity index (χ1v) is 7.52. The zero-order valence-electron chi connectivity index (χ0n) is 12.7. The van der Waals surface area contributed by atoms with Gasteiger partial charge in [-0.15, -0.1) is 0 Å². The van der Waals surface area contributed by atoms with Crippen molar-refractivity contribution in [1.82, 2.24) is 9.55 Å². The molecule has 0 saturated heterocycles. The molecule has 0 atom stereocenters. The molecule has 1 saturated carbocycles. The molecule has 0 spiro atoms. The number of aromatic amines is 1. The van der Waals surface area contributed by atoms with E-state index in [0.29, 0.717) is 11.4 Å². The minimum Gasteiger partial charge on any atom is -0.326 e. The van der Waals surface area contributed by atoms with Gasteiger partial charge in [0.05, 0.1) is 0 Å². The highest BCUT2D eigenvalue weighted by Crippen LogP contribution is 2.30. The summed E-state index contributed by atoms with van der Waals surface area (Å²) in [6.07, 6.45) is 3.13. The van der Waals surface area contributed by atoms with Gasteiger partial charge in [0.1, 0.15) is 6.54 Å². The SMILES string of the molecule is O=C(Cn1ccc(=O)[nH]c1=O)Nc1ccc(NC(=O)C2CC2)cc1. The summed E-state index contributed by atoms with van der Waals surface area (Å²) in [7, 11) is 0. The molecule has 1 aliphatic carbocycles. The maximum atomic E-state index is 11.9. The van der Waals surface area contributed by atoms with E-state index >= 15 is 0 Å². The molecule has 0 bridgehead atoms. The van der Waals surface area contributed by atoms with Crippen molar-refractivity contribution in [2.45, 2.75) is 19.4 Å². The van der Waals surface area contributed by atoms with Crippen LogP contribution in [0.3, 0.4) is 0 Å². The molecule has 2 amide bonds. The number of carbonyl (C=O) groups excluding carboxylic acids is 2. The molecule has 0 aliphatic heterocycles. The van der Waals surface area contributed by atoms with E-state index in [1.165, 1.54) is 12.3 Å². The van der Waals surface area contributed by atoms with E-state index in [0.717, 1.165) is 17.4 Å². The highest BCUT2D eigenvalue weighted by atomic mass is 16.2. The first kappa shape index (κ1) is 15.7. The average Bonchev–Trinajstić information content (AvgIpc) is 3.37. The van der Waals surface area contributed by atoms with Crippen LogP contribution in [0.1, 0.15) is 12.8 Å². The Morgan fingerprint density at radius 2 is 1.67 bits per heavy atom. The Kier molecular flexibility index (Phi) is 4.28. The Morgan fingerprint density at radius 3 is 2.25 bits per heavy atom. The highest BCUT2D eigenvalue weighted by Gasteiger charge is 2.29. The largest absolute Gasteiger partial charge is 0.328 e. The highest BCUT2D eigenvalue weighted by molar-refractivity contribution is 5.95. The Balaban J connectivity index is 1.58. The topological polar surface area (TPSA) is 113 Å². The fourth-order valence-corrected chi connectivity index (χ4v) is 2.15. The first-order valence-electron chi connectivity index (χ1n) is 7.52. The van der Waals surface area contributed by atoms with Crippen LogP contribution >= 0.6 is 0 Å². The number of hydrogen-bond acceptors (Lipinski definition) is 4. The van der Waals surface area contributed by atoms with E-state index in [1.54, 1.807) is 24.3 Å². The molecule has 1 aromatic carbocycles. The maximum absolute atomic E-state index is 11.9. The average molecular weight is 328 g/mol. The van der Waals surface area contributed by atoms with Gasteiger partial charge >= 0.3 is 5.69 Å². The van der Waals surface area contributed by atoms with Crippen LogP contribution in [0.15, 0.2) is 46.1 Å². The van der Waals surface area contributed by atoms with Crippen molar-refractivity contribution in [3.63, 3.8) is 0 Å². The van der Waals surface area contributed by atoms with Crippen LogP contribution in [-0.2, 0) is 16.1 Å². The van der Waals surface area contributed by atoms with Crippen molar-refractivity contribution in [2.24, 2.45) is 5.92 Å². The number of nitrogens with one attached hydrogen (secondary N) is 3. The van der Waals surface area contributed by atoms with E-state index in [2.05, 4.69) is 15.6 Å². The number of amides is 2. The van der Waals surface area contributed by atoms with Crippen molar-refractivity contribution < 1.29 is 9.59 Å². The summed E-state index contributed by atoms with van der Waals surface area (Å²) in [6.45, 7) is -0.213. The van der Waals surface area contributed by atoms with Crippen molar-refractivity contribution in [3.8, 4) is 0 Å². The van der Waals surface area contributed by atoms with Gasteiger partial charge in [-0.2, -0.15) is 0 Å². The number of H-pyrrole nitrogens is 1. The minimum absolute atomic E-state index is 0.0178. The summed E-state index contributed by atoms with van der Waals surface area (Å²) in [5.41, 5.74) is 0.0555. The third-order valence-electron chi connectivity index (χ3n) is 3.60. The number of carbonyl (C=O) groups is 2. The second-order valence-electron chi connectivity index (χ2n) is 5.63. The van der Waals surface area contributed by atoms with Gasteiger partial charge in [0.25, 0.3) is 5.56 Å². The van der Waals surface area contributed by atoms with Crippen LogP contribution in [0.5, 0.6) is 0 Å². The van der Waals surface area contributed by atoms with Crippen molar-refractivity contribution in [3.05, 3.63) is 57.4 Å². The van der Waals surface area contributed by atoms with Gasteiger partial charge in [-0.25, -0.2) is 4.79 Å². The Hall–Kier alpha value is -3.16. The summed E-state index contributed by atoms with van der Waals surface area (Å²) in [6, 6.07) is 7.89. The predicted octanol–water partition coefficient (Wildman–Crippen LogP) is 0.524. The lowest BCUT2D eigenvalue weighted by atomic mass is 10.2. The lowest BCUT2D eigenvalue weighted by Crippen LogP contribution is -2.32. The summed E-state index contributed by atoms with van der Waals surface area (Å²) in [5.74, 6) is -0.261. The van der Waals surface area contributed by atoms with Gasteiger partial charge in [-0.05, 0) is 37.1 Å². The van der Waals surface area contributed by atoms with Crippen LogP contribution in [0.25, 0.3) is 0 Å². The van der Waals surface area contributed by atoms with Gasteiger partial charge in [-0.3, -0.25) is 23.9 Å². The third kappa shape index (κ3) is 3.97. The molecular weight excluding hydrogens is 312 g/mol. The molecule has 3 N–H and O–H groups in total. The van der Waals surface area contributed by atoms with Gasteiger partial charge in [0, 0.05) is 29.6 Å². The fourth-order valence-electron chi connectivity index (χ4n) is 2.15. The molecule has 1 heterocycles. The van der Waals surface area contributed by atoms with Gasteiger partial charge in [0.2, 0.25) is 11.8 Å². The Labute approximate surface area is 136 Å². The molecule has 8 heteroatoms. The standard InChI is InChI=1S/C16H16N4O4/c21-13-7-8-20(16(24)19-13)9-14(22)17-11-3-5-12(6-4-11)18-15(23)10-1-2-10/h3-8,10H,1-2,9H2,(H,17,22)(H,18,23)(H,19,21,24). The lowest BCUT2D eigenvalue weighted by molar-refractivity contribution is -0.117. The van der Waals surface area contributed by atoms with Crippen LogP contribution in [0.4, 0.5) is 11.4 Å². The zero-order valence-corrected chi connectivity index (χ0v) is 12.7. The molecule has 24 heavy (non-hydrogen) atoms. The van der Waals surface area contributed by atoms with E-state index in [1.807, 2.05) is 0 Å². The van der Waals surface area contributed by atoms with Crippen LogP contribution in [0.2, 0.25) is 0 Å². The van der Waals surface area contributed by atoms with E-state index in [-0.39, 0.29) is 18.4 Å². The monoisotopic (exact) mass is 328 g/mol. The number of benzene rings is 1. The molecule has 1 fully saturated rings. The number of rotatable bonds is 5. The maximum Gasteiger partial charge on any atom is 0.328 e. The predicted molar refractivity (Wildman–Crippen MR) is 87.7 cm³/mol. The van der Waals surface area contributed by atoms with E-state index in [4.69, 9.17) is 0 Å². The molecule has 1 aliphatic rings. The molecule has 0 radical (unpaired) electrons. The van der Waals surface area contributed by atoms with Crippen LogP contribution in [0, 0.1) is 5.92 Å².